The highest BCUT2D eigenvalue weighted by Gasteiger charge is 2.38. The monoisotopic (exact) mass is 376 g/mol. The van der Waals surface area contributed by atoms with Gasteiger partial charge in [0.15, 0.2) is 5.60 Å². The fraction of sp³-hybridized carbons (Fsp3) is 0.238. The SMILES string of the molecule is C[C@](O)(C(=O)N1CCc2c(nc(-c3ccncc3)[nH]c2=O)C1)c1ccccc1. The highest BCUT2D eigenvalue weighted by atomic mass is 16.3. The van der Waals surface area contributed by atoms with Gasteiger partial charge in [-0.15, -0.1) is 0 Å². The van der Waals surface area contributed by atoms with Gasteiger partial charge in [0.05, 0.1) is 12.2 Å². The van der Waals surface area contributed by atoms with Crippen LogP contribution in [-0.2, 0) is 23.4 Å². The van der Waals surface area contributed by atoms with E-state index in [1.807, 2.05) is 6.07 Å². The Morgan fingerprint density at radius 2 is 1.89 bits per heavy atom. The standard InChI is InChI=1S/C21H20N4O3/c1-21(28,15-5-3-2-4-6-15)20(27)25-12-9-16-17(13-25)23-18(24-19(16)26)14-7-10-22-11-8-14/h2-8,10-11,28H,9,12-13H2,1H3,(H,23,24,26)/t21-/m1/s1. The number of nitrogens with one attached hydrogen (secondary N) is 1. The van der Waals surface area contributed by atoms with E-state index in [9.17, 15) is 14.7 Å². The largest absolute Gasteiger partial charge is 0.376 e. The van der Waals surface area contributed by atoms with Crippen LogP contribution >= 0.6 is 0 Å². The second-order valence-electron chi connectivity index (χ2n) is 6.99. The molecule has 0 fully saturated rings. The number of pyridine rings is 1. The van der Waals surface area contributed by atoms with E-state index < -0.39 is 11.5 Å². The van der Waals surface area contributed by atoms with Gasteiger partial charge in [0.1, 0.15) is 5.82 Å². The molecule has 1 atom stereocenters. The molecule has 1 aliphatic rings. The van der Waals surface area contributed by atoms with Crippen molar-refractivity contribution >= 4 is 5.91 Å². The van der Waals surface area contributed by atoms with Gasteiger partial charge in [0.2, 0.25) is 0 Å². The van der Waals surface area contributed by atoms with Crippen molar-refractivity contribution in [3.8, 4) is 11.4 Å². The quantitative estimate of drug-likeness (QED) is 0.724. The third kappa shape index (κ3) is 3.20. The van der Waals surface area contributed by atoms with E-state index in [-0.39, 0.29) is 12.1 Å². The Hall–Kier alpha value is -3.32. The molecule has 142 valence electrons. The van der Waals surface area contributed by atoms with E-state index >= 15 is 0 Å². The van der Waals surface area contributed by atoms with Crippen LogP contribution in [0.4, 0.5) is 0 Å². The molecule has 0 saturated carbocycles. The summed E-state index contributed by atoms with van der Waals surface area (Å²) in [5.41, 5.74) is 0.573. The van der Waals surface area contributed by atoms with Gasteiger partial charge in [0, 0.05) is 30.1 Å². The molecule has 1 aliphatic heterocycles. The number of aliphatic hydroxyl groups is 1. The molecule has 7 nitrogen and oxygen atoms in total. The number of nitrogens with zero attached hydrogens (tertiary/aromatic N) is 3. The van der Waals surface area contributed by atoms with E-state index in [0.717, 1.165) is 5.56 Å². The molecule has 28 heavy (non-hydrogen) atoms. The van der Waals surface area contributed by atoms with Crippen molar-refractivity contribution in [2.45, 2.75) is 25.5 Å². The van der Waals surface area contributed by atoms with Crippen LogP contribution in [-0.4, -0.2) is 37.4 Å². The van der Waals surface area contributed by atoms with Crippen LogP contribution < -0.4 is 5.56 Å². The number of carbonyl (C=O) groups excluding carboxylic acids is 1. The molecule has 0 bridgehead atoms. The molecule has 1 aromatic carbocycles. The van der Waals surface area contributed by atoms with E-state index in [2.05, 4.69) is 15.0 Å². The Kier molecular flexibility index (Phi) is 4.52. The van der Waals surface area contributed by atoms with Crippen LogP contribution in [0.25, 0.3) is 11.4 Å². The Bertz CT molecular complexity index is 1060. The van der Waals surface area contributed by atoms with Crippen molar-refractivity contribution in [1.29, 1.82) is 0 Å². The lowest BCUT2D eigenvalue weighted by molar-refractivity contribution is -0.151. The lowest BCUT2D eigenvalue weighted by Gasteiger charge is -2.34. The zero-order valence-electron chi connectivity index (χ0n) is 15.4. The van der Waals surface area contributed by atoms with Crippen molar-refractivity contribution < 1.29 is 9.90 Å². The summed E-state index contributed by atoms with van der Waals surface area (Å²) in [4.78, 5) is 38.4. The summed E-state index contributed by atoms with van der Waals surface area (Å²) < 4.78 is 0. The first-order valence-corrected chi connectivity index (χ1v) is 9.06. The maximum atomic E-state index is 13.0. The first-order chi connectivity index (χ1) is 13.5. The van der Waals surface area contributed by atoms with Crippen LogP contribution in [0.1, 0.15) is 23.7 Å². The van der Waals surface area contributed by atoms with Crippen molar-refractivity contribution in [2.75, 3.05) is 6.54 Å². The number of fused-ring (bicyclic) bond motifs is 1. The molecule has 0 saturated heterocycles. The zero-order valence-corrected chi connectivity index (χ0v) is 15.4. The predicted molar refractivity (Wildman–Crippen MR) is 103 cm³/mol. The molecule has 1 amide bonds. The van der Waals surface area contributed by atoms with Crippen LogP contribution in [0, 0.1) is 0 Å². The maximum Gasteiger partial charge on any atom is 0.259 e. The summed E-state index contributed by atoms with van der Waals surface area (Å²) in [7, 11) is 0. The molecule has 0 spiro atoms. The zero-order chi connectivity index (χ0) is 19.7. The van der Waals surface area contributed by atoms with Crippen LogP contribution in [0.3, 0.4) is 0 Å². The fourth-order valence-electron chi connectivity index (χ4n) is 3.45. The Morgan fingerprint density at radius 1 is 1.18 bits per heavy atom. The molecule has 3 aromatic rings. The van der Waals surface area contributed by atoms with Gasteiger partial charge < -0.3 is 15.0 Å². The molecule has 3 heterocycles. The van der Waals surface area contributed by atoms with Crippen LogP contribution in [0.5, 0.6) is 0 Å². The Morgan fingerprint density at radius 3 is 2.61 bits per heavy atom. The number of carbonyl (C=O) groups is 1. The summed E-state index contributed by atoms with van der Waals surface area (Å²) in [6.07, 6.45) is 3.65. The molecule has 0 radical (unpaired) electrons. The van der Waals surface area contributed by atoms with Crippen LogP contribution in [0.2, 0.25) is 0 Å². The molecule has 0 aliphatic carbocycles. The number of aromatic nitrogens is 3. The van der Waals surface area contributed by atoms with Crippen molar-refractivity contribution in [2.24, 2.45) is 0 Å². The number of hydrogen-bond acceptors (Lipinski definition) is 5. The predicted octanol–water partition coefficient (Wildman–Crippen LogP) is 1.62. The van der Waals surface area contributed by atoms with Gasteiger partial charge >= 0.3 is 0 Å². The molecule has 2 aromatic heterocycles. The number of benzene rings is 1. The number of aromatic amines is 1. The first kappa shape index (κ1) is 18.1. The summed E-state index contributed by atoms with van der Waals surface area (Å²) in [6, 6.07) is 12.4. The average molecular weight is 376 g/mol. The minimum Gasteiger partial charge on any atom is -0.376 e. The van der Waals surface area contributed by atoms with Crippen LogP contribution in [0.15, 0.2) is 59.7 Å². The van der Waals surface area contributed by atoms with Gasteiger partial charge in [-0.3, -0.25) is 14.6 Å². The highest BCUT2D eigenvalue weighted by Crippen LogP contribution is 2.26. The fourth-order valence-corrected chi connectivity index (χ4v) is 3.45. The van der Waals surface area contributed by atoms with E-state index in [1.54, 1.807) is 53.7 Å². The van der Waals surface area contributed by atoms with Gasteiger partial charge in [-0.1, -0.05) is 30.3 Å². The summed E-state index contributed by atoms with van der Waals surface area (Å²) >= 11 is 0. The summed E-state index contributed by atoms with van der Waals surface area (Å²) in [5.74, 6) is 0.0344. The minimum atomic E-state index is -1.64. The third-order valence-corrected chi connectivity index (χ3v) is 5.07. The maximum absolute atomic E-state index is 13.0. The molecule has 7 heteroatoms. The van der Waals surface area contributed by atoms with Gasteiger partial charge in [-0.2, -0.15) is 0 Å². The molecular formula is C21H20N4O3. The average Bonchev–Trinajstić information content (AvgIpc) is 2.74. The minimum absolute atomic E-state index is 0.180. The second-order valence-corrected chi connectivity index (χ2v) is 6.99. The smallest absolute Gasteiger partial charge is 0.259 e. The number of amides is 1. The number of hydrogen-bond donors (Lipinski definition) is 2. The topological polar surface area (TPSA) is 99.2 Å². The lowest BCUT2D eigenvalue weighted by Crippen LogP contribution is -2.48. The number of rotatable bonds is 3. The summed E-state index contributed by atoms with van der Waals surface area (Å²) in [5, 5.41) is 10.9. The highest BCUT2D eigenvalue weighted by molar-refractivity contribution is 5.86. The number of H-pyrrole nitrogens is 1. The van der Waals surface area contributed by atoms with E-state index in [4.69, 9.17) is 0 Å². The van der Waals surface area contributed by atoms with Crippen molar-refractivity contribution in [3.63, 3.8) is 0 Å². The second kappa shape index (κ2) is 7.01. The summed E-state index contributed by atoms with van der Waals surface area (Å²) in [6.45, 7) is 2.03. The molecule has 2 N–H and O–H groups in total. The molecule has 0 unspecified atom stereocenters. The Labute approximate surface area is 161 Å². The molecular weight excluding hydrogens is 356 g/mol. The third-order valence-electron chi connectivity index (χ3n) is 5.07. The van der Waals surface area contributed by atoms with Gasteiger partial charge in [0.25, 0.3) is 11.5 Å². The molecule has 4 rings (SSSR count). The van der Waals surface area contributed by atoms with E-state index in [0.29, 0.717) is 35.6 Å². The van der Waals surface area contributed by atoms with Crippen molar-refractivity contribution in [1.82, 2.24) is 19.9 Å². The normalized spacial score (nSPS) is 15.6. The Balaban J connectivity index is 1.65. The first-order valence-electron chi connectivity index (χ1n) is 9.06. The van der Waals surface area contributed by atoms with E-state index in [1.165, 1.54) is 6.92 Å². The van der Waals surface area contributed by atoms with Gasteiger partial charge in [-0.25, -0.2) is 4.98 Å². The van der Waals surface area contributed by atoms with Crippen molar-refractivity contribution in [3.05, 3.63) is 82.0 Å². The lowest BCUT2D eigenvalue weighted by atomic mass is 9.93. The van der Waals surface area contributed by atoms with Gasteiger partial charge in [-0.05, 0) is 31.0 Å².